The first-order chi connectivity index (χ1) is 7.52. The van der Waals surface area contributed by atoms with Gasteiger partial charge in [-0.2, -0.15) is 8.42 Å². The standard InChI is InChI=1S/C4H6O7S.C3H6O2/c5-3(6)1-2(4(7)8)12(9,10)11;1-2-3(4)5/h2H,1H2,(H,5,6)(H,7,8)(H,9,10,11);2H2,1H3,(H,4,5). The Hall–Kier alpha value is -1.68. The first kappa shape index (κ1) is 17.7. The van der Waals surface area contributed by atoms with Gasteiger partial charge in [-0.1, -0.05) is 6.92 Å². The van der Waals surface area contributed by atoms with Gasteiger partial charge in [0.15, 0.2) is 5.25 Å². The maximum absolute atomic E-state index is 10.2. The maximum atomic E-state index is 10.2. The fraction of sp³-hybridized carbons (Fsp3) is 0.571. The zero-order valence-electron chi connectivity index (χ0n) is 8.73. The maximum Gasteiger partial charge on any atom is 0.325 e. The van der Waals surface area contributed by atoms with Crippen molar-refractivity contribution in [3.63, 3.8) is 0 Å². The molecule has 0 amide bonds. The molecule has 1 unspecified atom stereocenters. The summed E-state index contributed by atoms with van der Waals surface area (Å²) < 4.78 is 28.7. The summed E-state index contributed by atoms with van der Waals surface area (Å²) in [6.07, 6.45) is -0.936. The van der Waals surface area contributed by atoms with Crippen LogP contribution in [0.2, 0.25) is 0 Å². The minimum absolute atomic E-state index is 0.222. The van der Waals surface area contributed by atoms with E-state index in [0.717, 1.165) is 0 Å². The predicted octanol–water partition coefficient (Wildman–Crippen LogP) is -0.717. The zero-order chi connectivity index (χ0) is 14.2. The molecule has 0 aromatic rings. The lowest BCUT2D eigenvalue weighted by atomic mass is 10.3. The van der Waals surface area contributed by atoms with E-state index in [0.29, 0.717) is 0 Å². The molecule has 0 aliphatic carbocycles. The molecule has 4 N–H and O–H groups in total. The monoisotopic (exact) mass is 272 g/mol. The molecule has 100 valence electrons. The fourth-order valence-electron chi connectivity index (χ4n) is 0.479. The van der Waals surface area contributed by atoms with Gasteiger partial charge in [0.25, 0.3) is 10.1 Å². The lowest BCUT2D eigenvalue weighted by Crippen LogP contribution is -2.31. The van der Waals surface area contributed by atoms with Crippen molar-refractivity contribution in [2.24, 2.45) is 0 Å². The smallest absolute Gasteiger partial charge is 0.325 e. The van der Waals surface area contributed by atoms with E-state index in [4.69, 9.17) is 19.9 Å². The molecule has 9 nitrogen and oxygen atoms in total. The van der Waals surface area contributed by atoms with E-state index in [1.807, 2.05) is 0 Å². The van der Waals surface area contributed by atoms with Crippen LogP contribution in [-0.4, -0.2) is 51.4 Å². The molecule has 0 saturated heterocycles. The molecular weight excluding hydrogens is 260 g/mol. The van der Waals surface area contributed by atoms with E-state index in [9.17, 15) is 22.8 Å². The number of hydrogen-bond acceptors (Lipinski definition) is 5. The van der Waals surface area contributed by atoms with Crippen molar-refractivity contribution in [1.82, 2.24) is 0 Å². The van der Waals surface area contributed by atoms with Crippen LogP contribution in [0, 0.1) is 0 Å². The highest BCUT2D eigenvalue weighted by atomic mass is 32.2. The van der Waals surface area contributed by atoms with Crippen LogP contribution in [0.5, 0.6) is 0 Å². The Morgan fingerprint density at radius 2 is 1.41 bits per heavy atom. The van der Waals surface area contributed by atoms with Gasteiger partial charge in [-0.15, -0.1) is 0 Å². The van der Waals surface area contributed by atoms with E-state index in [2.05, 4.69) is 0 Å². The van der Waals surface area contributed by atoms with E-state index < -0.39 is 39.7 Å². The highest BCUT2D eigenvalue weighted by Crippen LogP contribution is 2.04. The van der Waals surface area contributed by atoms with E-state index >= 15 is 0 Å². The Bertz CT molecular complexity index is 382. The third kappa shape index (κ3) is 10.6. The number of carbonyl (C=O) groups is 3. The second kappa shape index (κ2) is 7.57. The second-order valence-electron chi connectivity index (χ2n) is 2.69. The van der Waals surface area contributed by atoms with Gasteiger partial charge in [-0.05, 0) is 0 Å². The van der Waals surface area contributed by atoms with Crippen LogP contribution >= 0.6 is 0 Å². The molecule has 0 bridgehead atoms. The molecule has 0 spiro atoms. The predicted molar refractivity (Wildman–Crippen MR) is 53.2 cm³/mol. The Labute approximate surface area is 96.4 Å². The van der Waals surface area contributed by atoms with Crippen LogP contribution in [0.15, 0.2) is 0 Å². The van der Waals surface area contributed by atoms with Crippen LogP contribution in [0.4, 0.5) is 0 Å². The van der Waals surface area contributed by atoms with Crippen molar-refractivity contribution in [2.75, 3.05) is 0 Å². The number of hydrogen-bond donors (Lipinski definition) is 4. The molecular formula is C7H12O9S. The molecule has 0 radical (unpaired) electrons. The van der Waals surface area contributed by atoms with Gasteiger partial charge in [0.2, 0.25) is 0 Å². The second-order valence-corrected chi connectivity index (χ2v) is 4.29. The lowest BCUT2D eigenvalue weighted by Gasteiger charge is -2.04. The minimum atomic E-state index is -4.84. The first-order valence-corrected chi connectivity index (χ1v) is 5.65. The molecule has 10 heteroatoms. The highest BCUT2D eigenvalue weighted by molar-refractivity contribution is 7.87. The van der Waals surface area contributed by atoms with Gasteiger partial charge in [-0.3, -0.25) is 18.9 Å². The summed E-state index contributed by atoms with van der Waals surface area (Å²) in [5, 5.41) is 21.6. The van der Waals surface area contributed by atoms with E-state index in [-0.39, 0.29) is 6.42 Å². The Morgan fingerprint density at radius 1 is 1.06 bits per heavy atom. The van der Waals surface area contributed by atoms with Crippen LogP contribution in [0.25, 0.3) is 0 Å². The summed E-state index contributed by atoms with van der Waals surface area (Å²) in [6.45, 7) is 1.60. The number of aliphatic carboxylic acids is 3. The largest absolute Gasteiger partial charge is 0.481 e. The third-order valence-electron chi connectivity index (χ3n) is 1.30. The van der Waals surface area contributed by atoms with Crippen molar-refractivity contribution in [3.05, 3.63) is 0 Å². The van der Waals surface area contributed by atoms with E-state index in [1.54, 1.807) is 6.92 Å². The number of carboxylic acids is 3. The summed E-state index contributed by atoms with van der Waals surface area (Å²) in [4.78, 5) is 29.4. The molecule has 1 atom stereocenters. The topological polar surface area (TPSA) is 166 Å². The van der Waals surface area contributed by atoms with Crippen molar-refractivity contribution in [3.8, 4) is 0 Å². The molecule has 17 heavy (non-hydrogen) atoms. The Balaban J connectivity index is 0. The molecule has 0 heterocycles. The molecule has 0 rings (SSSR count). The zero-order valence-corrected chi connectivity index (χ0v) is 9.55. The van der Waals surface area contributed by atoms with Gasteiger partial charge in [0.1, 0.15) is 0 Å². The molecule has 0 aliphatic rings. The van der Waals surface area contributed by atoms with Crippen molar-refractivity contribution in [2.45, 2.75) is 25.0 Å². The van der Waals surface area contributed by atoms with Gasteiger partial charge in [0, 0.05) is 6.42 Å². The van der Waals surface area contributed by atoms with Crippen LogP contribution in [0.1, 0.15) is 19.8 Å². The van der Waals surface area contributed by atoms with Crippen molar-refractivity contribution in [1.29, 1.82) is 0 Å². The van der Waals surface area contributed by atoms with Crippen LogP contribution < -0.4 is 0 Å². The Kier molecular flexibility index (Phi) is 7.88. The van der Waals surface area contributed by atoms with Crippen molar-refractivity contribution >= 4 is 28.0 Å². The highest BCUT2D eigenvalue weighted by Gasteiger charge is 2.33. The third-order valence-corrected chi connectivity index (χ3v) is 2.38. The van der Waals surface area contributed by atoms with Gasteiger partial charge < -0.3 is 15.3 Å². The summed E-state index contributed by atoms with van der Waals surface area (Å²) in [5.74, 6) is -4.25. The molecule has 0 saturated carbocycles. The van der Waals surface area contributed by atoms with Gasteiger partial charge in [-0.25, -0.2) is 0 Å². The molecule has 0 aliphatic heterocycles. The average Bonchev–Trinajstić information content (AvgIpc) is 2.12. The molecule has 0 aromatic heterocycles. The first-order valence-electron chi connectivity index (χ1n) is 4.15. The van der Waals surface area contributed by atoms with Crippen molar-refractivity contribution < 1.29 is 42.7 Å². The fourth-order valence-corrected chi connectivity index (χ4v) is 1.09. The van der Waals surface area contributed by atoms with E-state index in [1.165, 1.54) is 0 Å². The normalized spacial score (nSPS) is 11.9. The SMILES string of the molecule is CCC(=O)O.O=C(O)CC(C(=O)O)S(=O)(=O)O. The Morgan fingerprint density at radius 3 is 1.47 bits per heavy atom. The lowest BCUT2D eigenvalue weighted by molar-refractivity contribution is -0.143. The minimum Gasteiger partial charge on any atom is -0.481 e. The molecule has 0 fully saturated rings. The van der Waals surface area contributed by atoms with Gasteiger partial charge >= 0.3 is 17.9 Å². The number of carboxylic acid groups (broad SMARTS) is 3. The number of rotatable bonds is 5. The van der Waals surface area contributed by atoms with Crippen LogP contribution in [0.3, 0.4) is 0 Å². The summed E-state index contributed by atoms with van der Waals surface area (Å²) in [7, 11) is -4.84. The summed E-state index contributed by atoms with van der Waals surface area (Å²) >= 11 is 0. The quantitative estimate of drug-likeness (QED) is 0.472. The molecule has 0 aromatic carbocycles. The summed E-state index contributed by atoms with van der Waals surface area (Å²) in [5.41, 5.74) is 0. The average molecular weight is 272 g/mol. The summed E-state index contributed by atoms with van der Waals surface area (Å²) in [6, 6.07) is 0. The van der Waals surface area contributed by atoms with Crippen LogP contribution in [-0.2, 0) is 24.5 Å². The van der Waals surface area contributed by atoms with Gasteiger partial charge in [0.05, 0.1) is 6.42 Å².